The van der Waals surface area contributed by atoms with Crippen LogP contribution in [-0.4, -0.2) is 18.5 Å². The Balaban J connectivity index is 1.91. The Bertz CT molecular complexity index is 680. The van der Waals surface area contributed by atoms with Gasteiger partial charge >= 0.3 is 12.1 Å². The van der Waals surface area contributed by atoms with Crippen molar-refractivity contribution in [2.75, 3.05) is 6.61 Å². The molecule has 1 amide bonds. The predicted molar refractivity (Wildman–Crippen MR) is 72.3 cm³/mol. The van der Waals surface area contributed by atoms with Gasteiger partial charge in [0.05, 0.1) is 23.9 Å². The maximum absolute atomic E-state index is 12.8. The summed E-state index contributed by atoms with van der Waals surface area (Å²) in [6.45, 7) is -0.603. The summed E-state index contributed by atoms with van der Waals surface area (Å²) in [4.78, 5) is 23.2. The molecule has 2 rings (SSSR count). The van der Waals surface area contributed by atoms with Gasteiger partial charge in [-0.3, -0.25) is 4.79 Å². The van der Waals surface area contributed by atoms with Gasteiger partial charge in [0.15, 0.2) is 6.61 Å². The van der Waals surface area contributed by atoms with Crippen molar-refractivity contribution in [2.45, 2.75) is 12.7 Å². The third-order valence-corrected chi connectivity index (χ3v) is 2.83. The molecule has 8 heteroatoms. The summed E-state index contributed by atoms with van der Waals surface area (Å²) in [7, 11) is 0. The van der Waals surface area contributed by atoms with Crippen LogP contribution in [-0.2, 0) is 22.3 Å². The fourth-order valence-electron chi connectivity index (χ4n) is 1.77. The average molecular weight is 327 g/mol. The van der Waals surface area contributed by atoms with Crippen LogP contribution in [0.3, 0.4) is 0 Å². The fourth-order valence-corrected chi connectivity index (χ4v) is 1.77. The number of rotatable bonds is 5. The Hall–Kier alpha value is -2.77. The number of esters is 1. The summed E-state index contributed by atoms with van der Waals surface area (Å²) in [6.07, 6.45) is -3.26. The lowest BCUT2D eigenvalue weighted by molar-refractivity contribution is -0.138. The van der Waals surface area contributed by atoms with Crippen LogP contribution < -0.4 is 5.32 Å². The van der Waals surface area contributed by atoms with Crippen LogP contribution in [0.1, 0.15) is 21.7 Å². The monoisotopic (exact) mass is 327 g/mol. The van der Waals surface area contributed by atoms with Crippen molar-refractivity contribution in [1.29, 1.82) is 0 Å². The van der Waals surface area contributed by atoms with Crippen LogP contribution in [0.2, 0.25) is 0 Å². The number of hydrogen-bond donors (Lipinski definition) is 1. The van der Waals surface area contributed by atoms with E-state index in [4.69, 9.17) is 4.42 Å². The zero-order chi connectivity index (χ0) is 16.9. The van der Waals surface area contributed by atoms with Crippen molar-refractivity contribution < 1.29 is 31.9 Å². The smallest absolute Gasteiger partial charge is 0.417 e. The van der Waals surface area contributed by atoms with Crippen molar-refractivity contribution in [2.24, 2.45) is 0 Å². The maximum atomic E-state index is 12.8. The third kappa shape index (κ3) is 4.60. The predicted octanol–water partition coefficient (Wildman–Crippen LogP) is 2.77. The van der Waals surface area contributed by atoms with Gasteiger partial charge in [0.2, 0.25) is 0 Å². The highest BCUT2D eigenvalue weighted by atomic mass is 19.4. The molecule has 0 aliphatic rings. The molecule has 0 fully saturated rings. The van der Waals surface area contributed by atoms with Gasteiger partial charge in [0.1, 0.15) is 5.76 Å². The van der Waals surface area contributed by atoms with Gasteiger partial charge in [-0.1, -0.05) is 12.1 Å². The summed E-state index contributed by atoms with van der Waals surface area (Å²) in [5, 5.41) is 2.40. The Kier molecular flexibility index (Phi) is 5.05. The normalized spacial score (nSPS) is 11.1. The minimum absolute atomic E-state index is 0.0858. The molecule has 2 aromatic rings. The largest absolute Gasteiger partial charge is 0.467 e. The zero-order valence-electron chi connectivity index (χ0n) is 11.7. The molecule has 23 heavy (non-hydrogen) atoms. The molecule has 0 radical (unpaired) electrons. The summed E-state index contributed by atoms with van der Waals surface area (Å²) in [5.74, 6) is -1.38. The van der Waals surface area contributed by atoms with Crippen molar-refractivity contribution in [1.82, 2.24) is 5.32 Å². The van der Waals surface area contributed by atoms with E-state index >= 15 is 0 Å². The van der Waals surface area contributed by atoms with E-state index in [1.807, 2.05) is 0 Å². The molecule has 1 aromatic carbocycles. The molecule has 0 saturated heterocycles. The van der Waals surface area contributed by atoms with Gasteiger partial charge in [0.25, 0.3) is 5.91 Å². The molecular formula is C15H12F3NO4. The first-order valence-electron chi connectivity index (χ1n) is 6.50. The number of amides is 1. The van der Waals surface area contributed by atoms with Crippen LogP contribution in [0, 0.1) is 0 Å². The van der Waals surface area contributed by atoms with E-state index in [0.717, 1.165) is 18.2 Å². The van der Waals surface area contributed by atoms with Crippen LogP contribution in [0.15, 0.2) is 47.1 Å². The van der Waals surface area contributed by atoms with Gasteiger partial charge < -0.3 is 14.5 Å². The van der Waals surface area contributed by atoms with E-state index in [9.17, 15) is 22.8 Å². The van der Waals surface area contributed by atoms with E-state index in [2.05, 4.69) is 10.1 Å². The summed E-state index contributed by atoms with van der Waals surface area (Å²) in [6, 6.07) is 7.47. The second-order valence-electron chi connectivity index (χ2n) is 4.48. The fraction of sp³-hybridized carbons (Fsp3) is 0.200. The molecule has 1 heterocycles. The molecule has 0 spiro atoms. The molecule has 5 nitrogen and oxygen atoms in total. The zero-order valence-corrected chi connectivity index (χ0v) is 11.7. The Morgan fingerprint density at radius 1 is 1.13 bits per heavy atom. The lowest BCUT2D eigenvalue weighted by Crippen LogP contribution is -2.28. The van der Waals surface area contributed by atoms with E-state index in [0.29, 0.717) is 5.76 Å². The van der Waals surface area contributed by atoms with Crippen molar-refractivity contribution in [3.63, 3.8) is 0 Å². The van der Waals surface area contributed by atoms with Crippen LogP contribution in [0.4, 0.5) is 13.2 Å². The SMILES string of the molecule is O=C(COC(=O)c1ccccc1C(F)(F)F)NCc1ccco1. The van der Waals surface area contributed by atoms with Crippen LogP contribution in [0.5, 0.6) is 0 Å². The van der Waals surface area contributed by atoms with Gasteiger partial charge in [-0.25, -0.2) is 4.79 Å². The van der Waals surface area contributed by atoms with E-state index in [1.54, 1.807) is 12.1 Å². The number of furan rings is 1. The van der Waals surface area contributed by atoms with Crippen LogP contribution in [0.25, 0.3) is 0 Å². The molecular weight excluding hydrogens is 315 g/mol. The van der Waals surface area contributed by atoms with Gasteiger partial charge in [0, 0.05) is 0 Å². The summed E-state index contributed by atoms with van der Waals surface area (Å²) < 4.78 is 48.0. The topological polar surface area (TPSA) is 68.5 Å². The lowest BCUT2D eigenvalue weighted by atomic mass is 10.1. The second-order valence-corrected chi connectivity index (χ2v) is 4.48. The third-order valence-electron chi connectivity index (χ3n) is 2.83. The quantitative estimate of drug-likeness (QED) is 0.858. The number of halogens is 3. The first-order chi connectivity index (χ1) is 10.9. The molecule has 0 saturated carbocycles. The van der Waals surface area contributed by atoms with Gasteiger partial charge in [-0.15, -0.1) is 0 Å². The number of hydrogen-bond acceptors (Lipinski definition) is 4. The van der Waals surface area contributed by atoms with E-state index in [1.165, 1.54) is 12.3 Å². The van der Waals surface area contributed by atoms with E-state index < -0.39 is 35.8 Å². The molecule has 0 unspecified atom stereocenters. The first kappa shape index (κ1) is 16.6. The minimum Gasteiger partial charge on any atom is -0.467 e. The highest BCUT2D eigenvalue weighted by Gasteiger charge is 2.35. The van der Waals surface area contributed by atoms with Crippen molar-refractivity contribution in [3.8, 4) is 0 Å². The van der Waals surface area contributed by atoms with Gasteiger partial charge in [-0.2, -0.15) is 13.2 Å². The molecule has 0 aliphatic carbocycles. The van der Waals surface area contributed by atoms with Crippen molar-refractivity contribution >= 4 is 11.9 Å². The maximum Gasteiger partial charge on any atom is 0.417 e. The highest BCUT2D eigenvalue weighted by Crippen LogP contribution is 2.32. The Morgan fingerprint density at radius 2 is 1.87 bits per heavy atom. The summed E-state index contributed by atoms with van der Waals surface area (Å²) >= 11 is 0. The first-order valence-corrected chi connectivity index (χ1v) is 6.50. The lowest BCUT2D eigenvalue weighted by Gasteiger charge is -2.12. The van der Waals surface area contributed by atoms with Crippen molar-refractivity contribution in [3.05, 3.63) is 59.5 Å². The van der Waals surface area contributed by atoms with Gasteiger partial charge in [-0.05, 0) is 24.3 Å². The minimum atomic E-state index is -4.68. The molecule has 0 aliphatic heterocycles. The number of benzene rings is 1. The molecule has 1 aromatic heterocycles. The molecule has 1 N–H and O–H groups in total. The molecule has 0 bridgehead atoms. The summed E-state index contributed by atoms with van der Waals surface area (Å²) in [5.41, 5.74) is -1.75. The number of alkyl halides is 3. The Morgan fingerprint density at radius 3 is 2.52 bits per heavy atom. The average Bonchev–Trinajstić information content (AvgIpc) is 3.03. The molecule has 122 valence electrons. The highest BCUT2D eigenvalue weighted by molar-refractivity contribution is 5.92. The second kappa shape index (κ2) is 6.99. The Labute approximate surface area is 129 Å². The standard InChI is InChI=1S/C15H12F3NO4/c16-15(17,18)12-6-2-1-5-11(12)14(21)23-9-13(20)19-8-10-4-3-7-22-10/h1-7H,8-9H2,(H,19,20). The number of carbonyl (C=O) groups is 2. The number of ether oxygens (including phenoxy) is 1. The number of nitrogens with one attached hydrogen (secondary N) is 1. The van der Waals surface area contributed by atoms with Crippen LogP contribution >= 0.6 is 0 Å². The molecule has 0 atom stereocenters. The van der Waals surface area contributed by atoms with E-state index in [-0.39, 0.29) is 6.54 Å². The number of carbonyl (C=O) groups excluding carboxylic acids is 2.